The van der Waals surface area contributed by atoms with Crippen LogP contribution in [0.1, 0.15) is 46.8 Å². The number of sulfone groups is 1. The van der Waals surface area contributed by atoms with Gasteiger partial charge < -0.3 is 24.8 Å². The fraction of sp³-hybridized carbons (Fsp3) is 0.406. The molecule has 14 heteroatoms. The van der Waals surface area contributed by atoms with Crippen molar-refractivity contribution in [2.24, 2.45) is 5.92 Å². The normalized spacial score (nSPS) is 19.3. The first-order valence-electron chi connectivity index (χ1n) is 14.7. The Hall–Kier alpha value is -3.75. The number of amides is 1. The number of halogens is 5. The summed E-state index contributed by atoms with van der Waals surface area (Å²) in [5, 5.41) is 12.7. The quantitative estimate of drug-likeness (QED) is 0.228. The first-order chi connectivity index (χ1) is 21.8. The van der Waals surface area contributed by atoms with Crippen LogP contribution in [0.25, 0.3) is 0 Å². The van der Waals surface area contributed by atoms with Gasteiger partial charge in [0.25, 0.3) is 5.91 Å². The predicted octanol–water partition coefficient (Wildman–Crippen LogP) is 5.62. The summed E-state index contributed by atoms with van der Waals surface area (Å²) in [6.45, 7) is -3.53. The molecule has 1 saturated carbocycles. The Kier molecular flexibility index (Phi) is 10.2. The summed E-state index contributed by atoms with van der Waals surface area (Å²) in [6.07, 6.45) is -2.96. The van der Waals surface area contributed by atoms with Crippen LogP contribution in [0.4, 0.5) is 27.6 Å². The predicted molar refractivity (Wildman–Crippen MR) is 159 cm³/mol. The number of hydrogen-bond donors (Lipinski definition) is 2. The molecule has 1 amide bonds. The van der Waals surface area contributed by atoms with Gasteiger partial charge in [-0.3, -0.25) is 4.79 Å². The Bertz CT molecular complexity index is 1580. The molecule has 5 rings (SSSR count). The van der Waals surface area contributed by atoms with Crippen LogP contribution in [0, 0.1) is 5.92 Å². The van der Waals surface area contributed by atoms with E-state index in [2.05, 4.69) is 10.1 Å². The van der Waals surface area contributed by atoms with Crippen molar-refractivity contribution >= 4 is 21.4 Å². The van der Waals surface area contributed by atoms with E-state index in [1.165, 1.54) is 36.4 Å². The summed E-state index contributed by atoms with van der Waals surface area (Å²) in [5.41, 5.74) is 0.538. The summed E-state index contributed by atoms with van der Waals surface area (Å²) < 4.78 is 99.9. The number of aliphatic hydroxyl groups excluding tert-OH is 1. The molecule has 8 nitrogen and oxygen atoms in total. The van der Waals surface area contributed by atoms with Gasteiger partial charge in [0, 0.05) is 17.7 Å². The number of anilines is 1. The molecule has 248 valence electrons. The molecule has 2 aliphatic rings. The molecule has 46 heavy (non-hydrogen) atoms. The molecule has 0 bridgehead atoms. The number of carbonyl (C=O) groups is 1. The molecular formula is C32H33F5N2O6S. The highest BCUT2D eigenvalue weighted by Crippen LogP contribution is 2.34. The number of nitrogens with zero attached hydrogens (tertiary/aromatic N) is 1. The zero-order valence-corrected chi connectivity index (χ0v) is 25.3. The van der Waals surface area contributed by atoms with Gasteiger partial charge in [0.05, 0.1) is 48.1 Å². The van der Waals surface area contributed by atoms with E-state index < -0.39 is 58.9 Å². The lowest BCUT2D eigenvalue weighted by molar-refractivity contribution is -0.137. The summed E-state index contributed by atoms with van der Waals surface area (Å²) in [6, 6.07) is 15.2. The van der Waals surface area contributed by atoms with E-state index in [1.54, 1.807) is 29.2 Å². The van der Waals surface area contributed by atoms with E-state index in [0.717, 1.165) is 25.0 Å². The van der Waals surface area contributed by atoms with Gasteiger partial charge in [-0.25, -0.2) is 8.42 Å². The van der Waals surface area contributed by atoms with E-state index in [-0.39, 0.29) is 47.5 Å². The molecule has 1 aliphatic heterocycles. The summed E-state index contributed by atoms with van der Waals surface area (Å²) in [4.78, 5) is 15.0. The fourth-order valence-electron chi connectivity index (χ4n) is 5.41. The molecule has 1 heterocycles. The molecular weight excluding hydrogens is 635 g/mol. The van der Waals surface area contributed by atoms with Crippen LogP contribution in [0.5, 0.6) is 5.75 Å². The van der Waals surface area contributed by atoms with Crippen LogP contribution in [0.3, 0.4) is 0 Å². The lowest BCUT2D eigenvalue weighted by Gasteiger charge is -2.26. The highest BCUT2D eigenvalue weighted by atomic mass is 32.2. The average molecular weight is 669 g/mol. The van der Waals surface area contributed by atoms with Crippen LogP contribution < -0.4 is 15.0 Å². The van der Waals surface area contributed by atoms with Crippen LogP contribution in [0.15, 0.2) is 77.7 Å². The molecule has 3 atom stereocenters. The van der Waals surface area contributed by atoms with Crippen molar-refractivity contribution in [1.29, 1.82) is 0 Å². The smallest absolute Gasteiger partial charge is 0.416 e. The second-order valence-corrected chi connectivity index (χ2v) is 13.5. The van der Waals surface area contributed by atoms with Gasteiger partial charge in [0.2, 0.25) is 0 Å². The number of rotatable bonds is 13. The second-order valence-electron chi connectivity index (χ2n) is 11.4. The van der Waals surface area contributed by atoms with E-state index in [0.29, 0.717) is 11.3 Å². The van der Waals surface area contributed by atoms with Crippen molar-refractivity contribution < 1.29 is 49.7 Å². The minimum atomic E-state index is -4.49. The van der Waals surface area contributed by atoms with E-state index in [1.807, 2.05) is 0 Å². The molecule has 3 aromatic carbocycles. The van der Waals surface area contributed by atoms with Crippen molar-refractivity contribution in [2.75, 3.05) is 30.4 Å². The fourth-order valence-corrected chi connectivity index (χ4v) is 7.11. The highest BCUT2D eigenvalue weighted by Gasteiger charge is 2.35. The van der Waals surface area contributed by atoms with Crippen LogP contribution in [-0.2, 0) is 20.8 Å². The van der Waals surface area contributed by atoms with E-state index in [9.17, 15) is 40.3 Å². The van der Waals surface area contributed by atoms with Crippen molar-refractivity contribution in [1.82, 2.24) is 5.32 Å². The first kappa shape index (κ1) is 33.6. The second kappa shape index (κ2) is 13.9. The van der Waals surface area contributed by atoms with Gasteiger partial charge in [0.1, 0.15) is 11.9 Å². The van der Waals surface area contributed by atoms with Gasteiger partial charge in [-0.15, -0.1) is 0 Å². The molecule has 0 radical (unpaired) electrons. The Labute approximate surface area is 263 Å². The largest absolute Gasteiger partial charge is 0.489 e. The number of alkyl halides is 5. The maximum absolute atomic E-state index is 13.0. The van der Waals surface area contributed by atoms with Crippen LogP contribution in [-0.4, -0.2) is 63.7 Å². The molecule has 0 aromatic heterocycles. The van der Waals surface area contributed by atoms with Gasteiger partial charge in [-0.2, -0.15) is 22.0 Å². The van der Waals surface area contributed by atoms with Crippen molar-refractivity contribution in [3.63, 3.8) is 0 Å². The molecule has 2 fully saturated rings. The van der Waals surface area contributed by atoms with E-state index in [4.69, 9.17) is 4.74 Å². The number of carbonyl (C=O) groups excluding carboxylic acids is 1. The lowest BCUT2D eigenvalue weighted by Crippen LogP contribution is -2.34. The SMILES string of the molecule is O=C(N[C@@H](CO)c1ccc(S(=O)(=O)CC2CC2)cc1)c1ccc(N2C[C@@H](Oc3ccc(C(F)(F)F)cc3)C[C@H]2COC(F)F)cc1. The minimum absolute atomic E-state index is 0.104. The first-order valence-corrected chi connectivity index (χ1v) is 16.3. The van der Waals surface area contributed by atoms with Crippen molar-refractivity contribution in [3.8, 4) is 5.75 Å². The van der Waals surface area contributed by atoms with Crippen molar-refractivity contribution in [2.45, 2.75) is 55.1 Å². The average Bonchev–Trinajstić information content (AvgIpc) is 3.74. The van der Waals surface area contributed by atoms with Crippen LogP contribution >= 0.6 is 0 Å². The van der Waals surface area contributed by atoms with Gasteiger partial charge in [0.15, 0.2) is 9.84 Å². The maximum atomic E-state index is 13.0. The van der Waals surface area contributed by atoms with E-state index >= 15 is 0 Å². The highest BCUT2D eigenvalue weighted by molar-refractivity contribution is 7.91. The molecule has 0 unspecified atom stereocenters. The Morgan fingerprint density at radius 2 is 1.63 bits per heavy atom. The van der Waals surface area contributed by atoms with Crippen molar-refractivity contribution in [3.05, 3.63) is 89.5 Å². The summed E-state index contributed by atoms with van der Waals surface area (Å²) in [7, 11) is -3.41. The van der Waals surface area contributed by atoms with Gasteiger partial charge >= 0.3 is 12.8 Å². The molecule has 0 spiro atoms. The monoisotopic (exact) mass is 668 g/mol. The summed E-state index contributed by atoms with van der Waals surface area (Å²) >= 11 is 0. The maximum Gasteiger partial charge on any atom is 0.416 e. The third-order valence-corrected chi connectivity index (χ3v) is 9.92. The number of aliphatic hydroxyl groups is 1. The lowest BCUT2D eigenvalue weighted by atomic mass is 10.1. The Morgan fingerprint density at radius 3 is 2.20 bits per heavy atom. The molecule has 3 aromatic rings. The number of hydrogen-bond acceptors (Lipinski definition) is 7. The molecule has 1 saturated heterocycles. The Morgan fingerprint density at radius 1 is 0.978 bits per heavy atom. The summed E-state index contributed by atoms with van der Waals surface area (Å²) in [5.74, 6) is 0.00415. The Balaban J connectivity index is 1.23. The molecule has 2 N–H and O–H groups in total. The van der Waals surface area contributed by atoms with Gasteiger partial charge in [-0.1, -0.05) is 12.1 Å². The third-order valence-electron chi connectivity index (χ3n) is 8.02. The number of ether oxygens (including phenoxy) is 2. The topological polar surface area (TPSA) is 105 Å². The van der Waals surface area contributed by atoms with Gasteiger partial charge in [-0.05, 0) is 85.0 Å². The standard InChI is InChI=1S/C32H33F5N2O6S/c33-31(34)44-18-25-15-27(45-26-11-7-23(8-12-26)32(35,36)37)16-39(25)24-9-3-22(4-10-24)30(41)38-29(17-40)21-5-13-28(14-6-21)46(42,43)19-20-1-2-20/h3-14,20,25,27,29,31,40H,1-2,15-19H2,(H,38,41)/t25-,27-,29-/m0/s1. The zero-order chi connectivity index (χ0) is 33.1. The van der Waals surface area contributed by atoms with Crippen LogP contribution in [0.2, 0.25) is 0 Å². The molecule has 1 aliphatic carbocycles. The third kappa shape index (κ3) is 8.53. The number of benzene rings is 3. The number of nitrogens with one attached hydrogen (secondary N) is 1. The zero-order valence-electron chi connectivity index (χ0n) is 24.5. The minimum Gasteiger partial charge on any atom is -0.489 e.